The first-order valence-electron chi connectivity index (χ1n) is 8.46. The lowest BCUT2D eigenvalue weighted by Gasteiger charge is -2.34. The molecule has 0 bridgehead atoms. The molecule has 24 heavy (non-hydrogen) atoms. The Balaban J connectivity index is 2.32. The number of fused-ring (bicyclic) bond motifs is 1. The fourth-order valence-corrected chi connectivity index (χ4v) is 3.22. The molecule has 2 rings (SSSR count). The van der Waals surface area contributed by atoms with Crippen LogP contribution >= 0.6 is 0 Å². The summed E-state index contributed by atoms with van der Waals surface area (Å²) in [6.07, 6.45) is 10.7. The van der Waals surface area contributed by atoms with Crippen LogP contribution in [0.1, 0.15) is 40.0 Å². The number of ether oxygens (including phenoxy) is 1. The Morgan fingerprint density at radius 3 is 2.79 bits per heavy atom. The lowest BCUT2D eigenvalue weighted by atomic mass is 9.76. The minimum Gasteiger partial charge on any atom is -0.462 e. The maximum Gasteiger partial charge on any atom is 0.334 e. The van der Waals surface area contributed by atoms with Gasteiger partial charge in [0.15, 0.2) is 0 Å². The molecule has 132 valence electrons. The number of hydrogen-bond acceptors (Lipinski definition) is 4. The van der Waals surface area contributed by atoms with Gasteiger partial charge in [0, 0.05) is 17.4 Å². The van der Waals surface area contributed by atoms with Gasteiger partial charge in [-0.15, -0.1) is 0 Å². The predicted molar refractivity (Wildman–Crippen MR) is 94.2 cm³/mol. The van der Waals surface area contributed by atoms with Gasteiger partial charge in [-0.2, -0.15) is 0 Å². The molecule has 1 aliphatic carbocycles. The van der Waals surface area contributed by atoms with Crippen LogP contribution in [-0.2, 0) is 9.53 Å². The maximum absolute atomic E-state index is 12.3. The van der Waals surface area contributed by atoms with Crippen molar-refractivity contribution in [3.8, 4) is 0 Å². The third-order valence-corrected chi connectivity index (χ3v) is 4.64. The van der Waals surface area contributed by atoms with Crippen molar-refractivity contribution in [3.63, 3.8) is 0 Å². The van der Waals surface area contributed by atoms with Crippen LogP contribution in [0.4, 0.5) is 0 Å². The van der Waals surface area contributed by atoms with Crippen molar-refractivity contribution in [1.82, 2.24) is 0 Å². The second kappa shape index (κ2) is 7.08. The van der Waals surface area contributed by atoms with E-state index in [1.807, 2.05) is 12.2 Å². The van der Waals surface area contributed by atoms with E-state index >= 15 is 0 Å². The smallest absolute Gasteiger partial charge is 0.334 e. The Labute approximate surface area is 144 Å². The van der Waals surface area contributed by atoms with Gasteiger partial charge in [0.25, 0.3) is 0 Å². The summed E-state index contributed by atoms with van der Waals surface area (Å²) in [7, 11) is 0. The van der Waals surface area contributed by atoms with Crippen molar-refractivity contribution in [2.24, 2.45) is 11.8 Å². The zero-order valence-electron chi connectivity index (χ0n) is 14.8. The molecule has 4 nitrogen and oxygen atoms in total. The van der Waals surface area contributed by atoms with Gasteiger partial charge >= 0.3 is 5.97 Å². The number of carbonyl (C=O) groups excluding carboxylic acids is 1. The molecule has 1 fully saturated rings. The number of hydrogen-bond donors (Lipinski definition) is 2. The average Bonchev–Trinajstić information content (AvgIpc) is 2.50. The highest BCUT2D eigenvalue weighted by Crippen LogP contribution is 2.39. The second-order valence-corrected chi connectivity index (χ2v) is 7.61. The molecule has 0 spiro atoms. The van der Waals surface area contributed by atoms with E-state index in [0.717, 1.165) is 5.57 Å². The summed E-state index contributed by atoms with van der Waals surface area (Å²) < 4.78 is 5.35. The van der Waals surface area contributed by atoms with Crippen LogP contribution in [0.2, 0.25) is 0 Å². The molecule has 0 unspecified atom stereocenters. The molecule has 1 saturated heterocycles. The van der Waals surface area contributed by atoms with E-state index in [4.69, 9.17) is 4.74 Å². The Bertz CT molecular complexity index is 587. The highest BCUT2D eigenvalue weighted by atomic mass is 16.5. The molecule has 1 aliphatic heterocycles. The van der Waals surface area contributed by atoms with E-state index in [2.05, 4.69) is 6.58 Å². The minimum absolute atomic E-state index is 0.0309. The lowest BCUT2D eigenvalue weighted by molar-refractivity contribution is -0.145. The highest BCUT2D eigenvalue weighted by Gasteiger charge is 2.37. The van der Waals surface area contributed by atoms with Gasteiger partial charge in [-0.05, 0) is 40.0 Å². The summed E-state index contributed by atoms with van der Waals surface area (Å²) in [6, 6.07) is 0. The number of esters is 1. The molecule has 3 atom stereocenters. The van der Waals surface area contributed by atoms with E-state index in [-0.39, 0.29) is 17.8 Å². The van der Waals surface area contributed by atoms with E-state index in [1.165, 1.54) is 0 Å². The monoisotopic (exact) mass is 332 g/mol. The molecule has 0 radical (unpaired) electrons. The lowest BCUT2D eigenvalue weighted by Crippen LogP contribution is -2.35. The van der Waals surface area contributed by atoms with Crippen LogP contribution in [0.5, 0.6) is 0 Å². The number of rotatable bonds is 2. The van der Waals surface area contributed by atoms with Gasteiger partial charge in [-0.25, -0.2) is 4.79 Å². The molecule has 0 amide bonds. The SMILES string of the molecule is C=C1C/C=C\[C@@](C)(O)CC[C@@H]2/C(=C/C=C/C(C)(C)O)C(=O)OC[C@@H]12. The summed E-state index contributed by atoms with van der Waals surface area (Å²) in [5, 5.41) is 20.2. The normalized spacial score (nSPS) is 35.1. The fourth-order valence-electron chi connectivity index (χ4n) is 3.22. The van der Waals surface area contributed by atoms with Gasteiger partial charge < -0.3 is 14.9 Å². The van der Waals surface area contributed by atoms with Gasteiger partial charge in [-0.1, -0.05) is 42.5 Å². The fraction of sp³-hybridized carbons (Fsp3) is 0.550. The van der Waals surface area contributed by atoms with Crippen molar-refractivity contribution in [1.29, 1.82) is 0 Å². The molecule has 0 aromatic carbocycles. The van der Waals surface area contributed by atoms with Crippen molar-refractivity contribution in [3.05, 3.63) is 48.1 Å². The van der Waals surface area contributed by atoms with Crippen LogP contribution < -0.4 is 0 Å². The van der Waals surface area contributed by atoms with Crippen molar-refractivity contribution in [2.45, 2.75) is 51.2 Å². The van der Waals surface area contributed by atoms with Crippen LogP contribution in [0.25, 0.3) is 0 Å². The van der Waals surface area contributed by atoms with Gasteiger partial charge in [0.1, 0.15) is 0 Å². The van der Waals surface area contributed by atoms with Gasteiger partial charge in [0.2, 0.25) is 0 Å². The Kier molecular flexibility index (Phi) is 5.51. The molecule has 2 N–H and O–H groups in total. The molecule has 4 heteroatoms. The average molecular weight is 332 g/mol. The van der Waals surface area contributed by atoms with Gasteiger partial charge in [0.05, 0.1) is 17.8 Å². The van der Waals surface area contributed by atoms with Crippen molar-refractivity contribution in [2.75, 3.05) is 6.61 Å². The van der Waals surface area contributed by atoms with Crippen molar-refractivity contribution >= 4 is 5.97 Å². The third kappa shape index (κ3) is 4.92. The summed E-state index contributed by atoms with van der Waals surface area (Å²) in [6.45, 7) is 9.63. The third-order valence-electron chi connectivity index (χ3n) is 4.64. The molecule has 0 aromatic rings. The standard InChI is InChI=1S/C20H28O4/c1-14-7-5-11-20(4,23)12-9-15-16(8-6-10-19(2,3)22)18(21)24-13-17(14)15/h5-6,8,10-11,15,17,22-23H,1,7,9,12-13H2,2-4H3/b10-6+,11-5-,16-8-/t15-,17+,20-/m1/s1. The Morgan fingerprint density at radius 2 is 2.12 bits per heavy atom. The zero-order chi connectivity index (χ0) is 18.0. The molecule has 0 aromatic heterocycles. The van der Waals surface area contributed by atoms with E-state index in [1.54, 1.807) is 39.0 Å². The Hall–Kier alpha value is -1.65. The molecule has 2 aliphatic rings. The van der Waals surface area contributed by atoms with Crippen molar-refractivity contribution < 1.29 is 19.7 Å². The summed E-state index contributed by atoms with van der Waals surface area (Å²) in [5.74, 6) is -0.295. The van der Waals surface area contributed by atoms with E-state index < -0.39 is 11.2 Å². The van der Waals surface area contributed by atoms with Gasteiger partial charge in [-0.3, -0.25) is 0 Å². The van der Waals surface area contributed by atoms with Crippen LogP contribution in [0, 0.1) is 11.8 Å². The highest BCUT2D eigenvalue weighted by molar-refractivity contribution is 5.90. The Morgan fingerprint density at radius 1 is 1.42 bits per heavy atom. The number of carbonyl (C=O) groups is 1. The van der Waals surface area contributed by atoms with Crippen LogP contribution in [0.15, 0.2) is 48.1 Å². The topological polar surface area (TPSA) is 66.8 Å². The first-order chi connectivity index (χ1) is 11.1. The summed E-state index contributed by atoms with van der Waals surface area (Å²) >= 11 is 0. The predicted octanol–water partition coefficient (Wildman–Crippen LogP) is 3.08. The summed E-state index contributed by atoms with van der Waals surface area (Å²) in [5.41, 5.74) is -0.223. The molecule has 0 saturated carbocycles. The zero-order valence-corrected chi connectivity index (χ0v) is 14.8. The van der Waals surface area contributed by atoms with Crippen LogP contribution in [-0.4, -0.2) is 34.0 Å². The first-order valence-corrected chi connectivity index (χ1v) is 8.46. The van der Waals surface area contributed by atoms with E-state index in [0.29, 0.717) is 31.4 Å². The summed E-state index contributed by atoms with van der Waals surface area (Å²) in [4.78, 5) is 12.3. The largest absolute Gasteiger partial charge is 0.462 e. The first kappa shape index (κ1) is 18.7. The van der Waals surface area contributed by atoms with Crippen LogP contribution in [0.3, 0.4) is 0 Å². The van der Waals surface area contributed by atoms with E-state index in [9.17, 15) is 15.0 Å². The number of aliphatic hydroxyl groups is 2. The quantitative estimate of drug-likeness (QED) is 0.463. The molecular weight excluding hydrogens is 304 g/mol. The number of cyclic esters (lactones) is 1. The molecular formula is C20H28O4. The maximum atomic E-state index is 12.3. The minimum atomic E-state index is -0.940. The second-order valence-electron chi connectivity index (χ2n) is 7.61. The number of allylic oxidation sites excluding steroid dienone is 3. The molecule has 1 heterocycles.